The number of carboxylic acid groups (broad SMARTS) is 1. The van der Waals surface area contributed by atoms with Gasteiger partial charge in [0.05, 0.1) is 25.9 Å². The number of carboxylic acids is 1. The van der Waals surface area contributed by atoms with Crippen LogP contribution in [0.25, 0.3) is 10.9 Å². The Labute approximate surface area is 199 Å². The van der Waals surface area contributed by atoms with E-state index in [1.807, 2.05) is 42.6 Å². The molecule has 2 atom stereocenters. The third-order valence-electron chi connectivity index (χ3n) is 7.24. The summed E-state index contributed by atoms with van der Waals surface area (Å²) in [6.45, 7) is 1.28. The van der Waals surface area contributed by atoms with Crippen molar-refractivity contribution in [1.82, 2.24) is 4.98 Å². The Hall–Kier alpha value is -3.70. The lowest BCUT2D eigenvalue weighted by Gasteiger charge is -2.46. The average Bonchev–Trinajstić information content (AvgIpc) is 3.29. The number of aromatic amines is 1. The Kier molecular flexibility index (Phi) is 6.03. The maximum absolute atomic E-state index is 13.9. The topological polar surface area (TPSA) is 70.2 Å². The number of carbonyl (C=O) groups excluding carboxylic acids is 1. The van der Waals surface area contributed by atoms with Crippen LogP contribution in [0, 0.1) is 0 Å². The Bertz CT molecular complexity index is 1330. The second-order valence-corrected chi connectivity index (χ2v) is 9.14. The number of nitrogens with one attached hydrogen (secondary N) is 1. The fraction of sp³-hybridized carbons (Fsp3) is 0.241. The molecule has 0 fully saturated rings. The summed E-state index contributed by atoms with van der Waals surface area (Å²) < 4.78 is 0.244. The van der Waals surface area contributed by atoms with Crippen LogP contribution in [-0.4, -0.2) is 39.5 Å². The first-order valence-electron chi connectivity index (χ1n) is 11.9. The Balaban J connectivity index is 1.60. The third-order valence-corrected chi connectivity index (χ3v) is 7.24. The highest BCUT2D eigenvalue weighted by Gasteiger charge is 2.48. The van der Waals surface area contributed by atoms with E-state index >= 15 is 0 Å². The number of benzene rings is 3. The lowest BCUT2D eigenvalue weighted by molar-refractivity contribution is -0.882. The van der Waals surface area contributed by atoms with Crippen molar-refractivity contribution in [3.63, 3.8) is 0 Å². The van der Waals surface area contributed by atoms with Crippen molar-refractivity contribution in [2.45, 2.75) is 31.7 Å². The number of aliphatic carboxylic acids is 1. The molecule has 1 aromatic heterocycles. The highest BCUT2D eigenvalue weighted by Crippen LogP contribution is 2.42. The molecule has 0 aliphatic carbocycles. The molecule has 2 heterocycles. The van der Waals surface area contributed by atoms with Crippen molar-refractivity contribution in [3.8, 4) is 0 Å². The van der Waals surface area contributed by atoms with Gasteiger partial charge in [0.15, 0.2) is 0 Å². The molecule has 0 bridgehead atoms. The number of hydrogen-bond acceptors (Lipinski definition) is 2. The minimum Gasteiger partial charge on any atom is -0.481 e. The molecule has 2 N–H and O–H groups in total. The summed E-state index contributed by atoms with van der Waals surface area (Å²) in [6.07, 6.45) is 3.46. The van der Waals surface area contributed by atoms with E-state index in [1.165, 1.54) is 22.1 Å². The molecule has 1 amide bonds. The van der Waals surface area contributed by atoms with Crippen molar-refractivity contribution in [2.75, 3.05) is 13.1 Å². The first kappa shape index (κ1) is 22.1. The first-order valence-corrected chi connectivity index (χ1v) is 11.9. The van der Waals surface area contributed by atoms with Crippen molar-refractivity contribution >= 4 is 22.8 Å². The van der Waals surface area contributed by atoms with Crippen LogP contribution in [-0.2, 0) is 22.4 Å². The van der Waals surface area contributed by atoms with E-state index in [2.05, 4.69) is 47.4 Å². The van der Waals surface area contributed by atoms with Crippen molar-refractivity contribution in [2.24, 2.45) is 0 Å². The first-order chi connectivity index (χ1) is 16.6. The smallest absolute Gasteiger partial charge is 0.315 e. The standard InChI is InChI=1S/C29H28N2O3/c32-27(14-15-28(33)34)31(19-17-23-20-30-26-13-7-6-11-24(23)26)18-16-21-8-4-5-12-25(21)29(31)22-9-2-1-3-10-22/h1-13,20,29-30H,14-19H2/p+1. The molecule has 1 aliphatic rings. The van der Waals surface area contributed by atoms with E-state index < -0.39 is 5.97 Å². The summed E-state index contributed by atoms with van der Waals surface area (Å²) in [4.78, 5) is 28.7. The van der Waals surface area contributed by atoms with Gasteiger partial charge in [0, 0.05) is 41.1 Å². The molecule has 4 aromatic rings. The highest BCUT2D eigenvalue weighted by molar-refractivity contribution is 5.83. The maximum atomic E-state index is 13.9. The minimum atomic E-state index is -0.934. The van der Waals surface area contributed by atoms with Crippen LogP contribution in [0.5, 0.6) is 0 Å². The molecule has 0 saturated carbocycles. The van der Waals surface area contributed by atoms with Gasteiger partial charge in [0.2, 0.25) is 0 Å². The van der Waals surface area contributed by atoms with E-state index in [0.29, 0.717) is 13.1 Å². The quantitative estimate of drug-likeness (QED) is 0.375. The molecular formula is C29H29N2O3+. The van der Waals surface area contributed by atoms with Gasteiger partial charge in [0.25, 0.3) is 0 Å². The maximum Gasteiger partial charge on any atom is 0.315 e. The second-order valence-electron chi connectivity index (χ2n) is 9.14. The number of para-hydroxylation sites is 1. The molecule has 3 aromatic carbocycles. The zero-order chi connectivity index (χ0) is 23.5. The third kappa shape index (κ3) is 4.03. The van der Waals surface area contributed by atoms with Crippen molar-refractivity contribution in [1.29, 1.82) is 0 Å². The number of H-pyrrole nitrogens is 1. The molecular weight excluding hydrogens is 424 g/mol. The summed E-state index contributed by atoms with van der Waals surface area (Å²) >= 11 is 0. The highest BCUT2D eigenvalue weighted by atomic mass is 16.4. The van der Waals surface area contributed by atoms with Crippen LogP contribution in [0.2, 0.25) is 0 Å². The molecule has 0 radical (unpaired) electrons. The van der Waals surface area contributed by atoms with Crippen LogP contribution in [0.15, 0.2) is 85.1 Å². The Morgan fingerprint density at radius 3 is 2.47 bits per heavy atom. The predicted molar refractivity (Wildman–Crippen MR) is 132 cm³/mol. The molecule has 0 saturated heterocycles. The van der Waals surface area contributed by atoms with Crippen molar-refractivity contribution < 1.29 is 19.2 Å². The molecule has 0 spiro atoms. The lowest BCUT2D eigenvalue weighted by Crippen LogP contribution is -2.59. The number of carbonyl (C=O) groups is 2. The van der Waals surface area contributed by atoms with Gasteiger partial charge in [-0.05, 0) is 17.2 Å². The van der Waals surface area contributed by atoms with Gasteiger partial charge in [-0.2, -0.15) is 0 Å². The van der Waals surface area contributed by atoms with Crippen LogP contribution < -0.4 is 0 Å². The van der Waals surface area contributed by atoms with Gasteiger partial charge < -0.3 is 10.1 Å². The van der Waals surface area contributed by atoms with Crippen LogP contribution in [0.3, 0.4) is 0 Å². The normalized spacial score (nSPS) is 19.6. The average molecular weight is 454 g/mol. The summed E-state index contributed by atoms with van der Waals surface area (Å²) in [5.74, 6) is -0.928. The molecule has 5 heteroatoms. The fourth-order valence-corrected chi connectivity index (χ4v) is 5.57. The van der Waals surface area contributed by atoms with Gasteiger partial charge >= 0.3 is 11.9 Å². The van der Waals surface area contributed by atoms with E-state index in [1.54, 1.807) is 0 Å². The van der Waals surface area contributed by atoms with Gasteiger partial charge in [-0.25, -0.2) is 4.79 Å². The summed E-state index contributed by atoms with van der Waals surface area (Å²) in [5.41, 5.74) is 5.80. The fourth-order valence-electron chi connectivity index (χ4n) is 5.57. The Morgan fingerprint density at radius 2 is 1.65 bits per heavy atom. The number of aromatic nitrogens is 1. The largest absolute Gasteiger partial charge is 0.481 e. The number of fused-ring (bicyclic) bond motifs is 2. The van der Waals surface area contributed by atoms with Gasteiger partial charge in [0.1, 0.15) is 6.04 Å². The van der Waals surface area contributed by atoms with Crippen LogP contribution in [0.4, 0.5) is 0 Å². The summed E-state index contributed by atoms with van der Waals surface area (Å²) in [6, 6.07) is 26.7. The molecule has 1 aliphatic heterocycles. The van der Waals surface area contributed by atoms with Crippen molar-refractivity contribution in [3.05, 3.63) is 107 Å². The number of nitrogens with zero attached hydrogens (tertiary/aromatic N) is 1. The van der Waals surface area contributed by atoms with E-state index in [4.69, 9.17) is 0 Å². The zero-order valence-corrected chi connectivity index (χ0v) is 19.1. The number of quaternary nitrogens is 1. The molecule has 34 heavy (non-hydrogen) atoms. The second kappa shape index (κ2) is 9.27. The predicted octanol–water partition coefficient (Wildman–Crippen LogP) is 5.26. The number of hydrogen-bond donors (Lipinski definition) is 2. The van der Waals surface area contributed by atoms with Crippen LogP contribution in [0.1, 0.15) is 41.1 Å². The van der Waals surface area contributed by atoms with E-state index in [0.717, 1.165) is 23.9 Å². The van der Waals surface area contributed by atoms with Gasteiger partial charge in [-0.3, -0.25) is 9.28 Å². The molecule has 5 nitrogen and oxygen atoms in total. The SMILES string of the molecule is O=C(O)CCC(=O)[N+]1(CCc2c[nH]c3ccccc23)CCc2ccccc2C1c1ccccc1. The summed E-state index contributed by atoms with van der Waals surface area (Å²) in [7, 11) is 0. The number of amides is 1. The Morgan fingerprint density at radius 1 is 0.912 bits per heavy atom. The van der Waals surface area contributed by atoms with Gasteiger partial charge in [-0.1, -0.05) is 72.8 Å². The summed E-state index contributed by atoms with van der Waals surface area (Å²) in [5, 5.41) is 10.5. The number of rotatable bonds is 7. The minimum absolute atomic E-state index is 0.00518. The van der Waals surface area contributed by atoms with Crippen LogP contribution >= 0.6 is 0 Å². The zero-order valence-electron chi connectivity index (χ0n) is 19.1. The monoisotopic (exact) mass is 453 g/mol. The molecule has 2 unspecified atom stereocenters. The van der Waals surface area contributed by atoms with E-state index in [-0.39, 0.29) is 29.3 Å². The van der Waals surface area contributed by atoms with E-state index in [9.17, 15) is 14.7 Å². The molecule has 5 rings (SSSR count). The van der Waals surface area contributed by atoms with Gasteiger partial charge in [-0.15, -0.1) is 0 Å². The molecule has 172 valence electrons. The lowest BCUT2D eigenvalue weighted by atomic mass is 9.84.